The first-order valence-corrected chi connectivity index (χ1v) is 5.39. The zero-order valence-electron chi connectivity index (χ0n) is 8.92. The van der Waals surface area contributed by atoms with Crippen LogP contribution in [0.2, 0.25) is 0 Å². The first-order valence-electron chi connectivity index (χ1n) is 4.60. The monoisotopic (exact) mass is 305 g/mol. The summed E-state index contributed by atoms with van der Waals surface area (Å²) >= 11 is 3.13. The highest BCUT2D eigenvalue weighted by atomic mass is 79.9. The molecule has 5 N–H and O–H groups in total. The van der Waals surface area contributed by atoms with Gasteiger partial charge in [-0.3, -0.25) is 4.79 Å². The van der Waals surface area contributed by atoms with Crippen LogP contribution < -0.4 is 10.5 Å². The van der Waals surface area contributed by atoms with Gasteiger partial charge < -0.3 is 25.8 Å². The minimum Gasteiger partial charge on any atom is -0.504 e. The lowest BCUT2D eigenvalue weighted by Crippen LogP contribution is -2.34. The zero-order chi connectivity index (χ0) is 13.2. The maximum absolute atomic E-state index is 10.7. The first kappa shape index (κ1) is 13.8. The molecule has 6 nitrogen and oxygen atoms in total. The van der Waals surface area contributed by atoms with Crippen LogP contribution in [0.25, 0.3) is 0 Å². The molecule has 0 heterocycles. The quantitative estimate of drug-likeness (QED) is 0.627. The summed E-state index contributed by atoms with van der Waals surface area (Å²) in [6.45, 7) is 0. The van der Waals surface area contributed by atoms with Crippen LogP contribution in [0.4, 0.5) is 0 Å². The molecule has 1 amide bonds. The number of nitrogens with two attached hydrogens (primary N) is 1. The predicted octanol–water partition coefficient (Wildman–Crippen LogP) is 0.0429. The summed E-state index contributed by atoms with van der Waals surface area (Å²) in [7, 11) is 1.37. The van der Waals surface area contributed by atoms with Gasteiger partial charge in [0.25, 0.3) is 0 Å². The number of methoxy groups -OCH3 is 1. The molecule has 0 aliphatic rings. The Labute approximate surface area is 106 Å². The molecule has 0 saturated carbocycles. The second-order valence-electron chi connectivity index (χ2n) is 3.34. The molecule has 0 fully saturated rings. The highest BCUT2D eigenvalue weighted by molar-refractivity contribution is 9.10. The van der Waals surface area contributed by atoms with Crippen molar-refractivity contribution in [3.63, 3.8) is 0 Å². The summed E-state index contributed by atoms with van der Waals surface area (Å²) in [5.41, 5.74) is 5.00. The van der Waals surface area contributed by atoms with Crippen LogP contribution in [0.5, 0.6) is 11.5 Å². The Morgan fingerprint density at radius 2 is 2.06 bits per heavy atom. The predicted molar refractivity (Wildman–Crippen MR) is 62.5 cm³/mol. The number of phenolic OH excluding ortho intramolecular Hbond substituents is 1. The normalized spacial score (nSPS) is 14.1. The molecular weight excluding hydrogens is 294 g/mol. The van der Waals surface area contributed by atoms with Crippen LogP contribution in [0.3, 0.4) is 0 Å². The Balaban J connectivity index is 3.14. The number of aliphatic hydroxyl groups is 2. The van der Waals surface area contributed by atoms with Gasteiger partial charge in [-0.2, -0.15) is 0 Å². The molecule has 2 unspecified atom stereocenters. The van der Waals surface area contributed by atoms with E-state index >= 15 is 0 Å². The molecule has 0 bridgehead atoms. The van der Waals surface area contributed by atoms with Gasteiger partial charge in [-0.1, -0.05) is 15.9 Å². The van der Waals surface area contributed by atoms with Crippen LogP contribution in [0.15, 0.2) is 16.6 Å². The van der Waals surface area contributed by atoms with E-state index in [1.807, 2.05) is 0 Å². The van der Waals surface area contributed by atoms with Gasteiger partial charge in [0.05, 0.1) is 7.11 Å². The van der Waals surface area contributed by atoms with E-state index in [1.165, 1.54) is 19.2 Å². The van der Waals surface area contributed by atoms with E-state index in [4.69, 9.17) is 10.5 Å². The van der Waals surface area contributed by atoms with Crippen molar-refractivity contribution in [3.05, 3.63) is 22.2 Å². The fraction of sp³-hybridized carbons (Fsp3) is 0.300. The second kappa shape index (κ2) is 5.35. The molecule has 0 aliphatic heterocycles. The number of amides is 1. The van der Waals surface area contributed by atoms with Crippen LogP contribution >= 0.6 is 15.9 Å². The number of benzene rings is 1. The molecular formula is C10H12BrNO5. The minimum absolute atomic E-state index is 0.134. The number of ether oxygens (including phenoxy) is 1. The molecule has 0 saturated heterocycles. The summed E-state index contributed by atoms with van der Waals surface area (Å²) in [5, 5.41) is 28.6. The molecule has 1 aromatic rings. The lowest BCUT2D eigenvalue weighted by molar-refractivity contribution is -0.132. The maximum Gasteiger partial charge on any atom is 0.249 e. The number of aromatic hydroxyl groups is 1. The number of aliphatic hydroxyl groups excluding tert-OH is 2. The van der Waals surface area contributed by atoms with E-state index in [0.717, 1.165) is 0 Å². The third-order valence-corrected chi connectivity index (χ3v) is 2.89. The van der Waals surface area contributed by atoms with Gasteiger partial charge in [0.2, 0.25) is 5.91 Å². The SMILES string of the molecule is COc1cc(Br)c(C(O)C(O)C(N)=O)cc1O. The number of phenols is 1. The minimum atomic E-state index is -1.75. The molecule has 2 atom stereocenters. The molecule has 17 heavy (non-hydrogen) atoms. The third kappa shape index (κ3) is 2.87. The van der Waals surface area contributed by atoms with Crippen molar-refractivity contribution in [2.75, 3.05) is 7.11 Å². The third-order valence-electron chi connectivity index (χ3n) is 2.21. The highest BCUT2D eigenvalue weighted by Crippen LogP contribution is 2.36. The van der Waals surface area contributed by atoms with Gasteiger partial charge in [0, 0.05) is 10.0 Å². The van der Waals surface area contributed by atoms with Crippen molar-refractivity contribution in [2.45, 2.75) is 12.2 Å². The average Bonchev–Trinajstić information content (AvgIpc) is 2.29. The first-order chi connectivity index (χ1) is 7.88. The Bertz CT molecular complexity index is 437. The number of hydrogen-bond donors (Lipinski definition) is 4. The zero-order valence-corrected chi connectivity index (χ0v) is 10.5. The Kier molecular flexibility index (Phi) is 4.33. The Morgan fingerprint density at radius 1 is 1.47 bits per heavy atom. The summed E-state index contributed by atoms with van der Waals surface area (Å²) < 4.78 is 5.23. The number of carbonyl (C=O) groups is 1. The molecule has 1 rings (SSSR count). The second-order valence-corrected chi connectivity index (χ2v) is 4.19. The Hall–Kier alpha value is -1.31. The topological polar surface area (TPSA) is 113 Å². The lowest BCUT2D eigenvalue weighted by Gasteiger charge is -2.17. The average molecular weight is 306 g/mol. The number of halogens is 1. The van der Waals surface area contributed by atoms with Crippen molar-refractivity contribution in [3.8, 4) is 11.5 Å². The Morgan fingerprint density at radius 3 is 2.53 bits per heavy atom. The maximum atomic E-state index is 10.7. The highest BCUT2D eigenvalue weighted by Gasteiger charge is 2.26. The van der Waals surface area contributed by atoms with Gasteiger partial charge in [0.15, 0.2) is 17.6 Å². The summed E-state index contributed by atoms with van der Waals surface area (Å²) in [6, 6.07) is 2.58. The van der Waals surface area contributed by atoms with Gasteiger partial charge in [0.1, 0.15) is 6.10 Å². The number of rotatable bonds is 4. The van der Waals surface area contributed by atoms with Gasteiger partial charge in [-0.25, -0.2) is 0 Å². The van der Waals surface area contributed by atoms with Crippen molar-refractivity contribution >= 4 is 21.8 Å². The van der Waals surface area contributed by atoms with Gasteiger partial charge in [-0.15, -0.1) is 0 Å². The summed E-state index contributed by atoms with van der Waals surface area (Å²) in [4.78, 5) is 10.7. The van der Waals surface area contributed by atoms with Crippen LogP contribution in [-0.2, 0) is 4.79 Å². The van der Waals surface area contributed by atoms with E-state index in [9.17, 15) is 20.1 Å². The molecule has 7 heteroatoms. The van der Waals surface area contributed by atoms with Crippen molar-refractivity contribution < 1.29 is 24.9 Å². The van der Waals surface area contributed by atoms with E-state index < -0.39 is 18.1 Å². The van der Waals surface area contributed by atoms with Crippen molar-refractivity contribution in [2.24, 2.45) is 5.73 Å². The molecule has 1 aromatic carbocycles. The van der Waals surface area contributed by atoms with Crippen molar-refractivity contribution in [1.29, 1.82) is 0 Å². The van der Waals surface area contributed by atoms with Crippen LogP contribution in [0, 0.1) is 0 Å². The largest absolute Gasteiger partial charge is 0.504 e. The molecule has 94 valence electrons. The van der Waals surface area contributed by atoms with Crippen LogP contribution in [-0.4, -0.2) is 34.4 Å². The fourth-order valence-corrected chi connectivity index (χ4v) is 1.83. The van der Waals surface area contributed by atoms with Crippen molar-refractivity contribution in [1.82, 2.24) is 0 Å². The van der Waals surface area contributed by atoms with E-state index in [2.05, 4.69) is 15.9 Å². The fourth-order valence-electron chi connectivity index (χ4n) is 1.28. The van der Waals surface area contributed by atoms with Gasteiger partial charge >= 0.3 is 0 Å². The number of primary amides is 1. The smallest absolute Gasteiger partial charge is 0.249 e. The van der Waals surface area contributed by atoms with E-state index in [1.54, 1.807) is 0 Å². The molecule has 0 spiro atoms. The van der Waals surface area contributed by atoms with Gasteiger partial charge in [-0.05, 0) is 12.1 Å². The molecule has 0 aliphatic carbocycles. The summed E-state index contributed by atoms with van der Waals surface area (Å²) in [5.74, 6) is -1.08. The summed E-state index contributed by atoms with van der Waals surface area (Å²) in [6.07, 6.45) is -3.28. The van der Waals surface area contributed by atoms with Crippen LogP contribution in [0.1, 0.15) is 11.7 Å². The number of carbonyl (C=O) groups excluding carboxylic acids is 1. The van der Waals surface area contributed by atoms with E-state index in [-0.39, 0.29) is 17.1 Å². The van der Waals surface area contributed by atoms with E-state index in [0.29, 0.717) is 4.47 Å². The standard InChI is InChI=1S/C10H12BrNO5/c1-17-7-3-5(11)4(2-6(7)13)8(14)9(15)10(12)16/h2-3,8-9,13-15H,1H3,(H2,12,16). The molecule has 0 radical (unpaired) electrons. The molecule has 0 aromatic heterocycles. The lowest BCUT2D eigenvalue weighted by atomic mass is 10.0. The number of hydrogen-bond acceptors (Lipinski definition) is 5.